The molecule has 1 N–H and O–H groups in total. The van der Waals surface area contributed by atoms with Crippen LogP contribution >= 0.6 is 11.3 Å². The van der Waals surface area contributed by atoms with E-state index in [1.807, 2.05) is 28.5 Å². The molecule has 4 heterocycles. The third-order valence-corrected chi connectivity index (χ3v) is 4.70. The van der Waals surface area contributed by atoms with Crippen molar-refractivity contribution in [1.29, 1.82) is 0 Å². The maximum Gasteiger partial charge on any atom is 0.274 e. The van der Waals surface area contributed by atoms with Crippen molar-refractivity contribution in [1.82, 2.24) is 30.1 Å². The van der Waals surface area contributed by atoms with Crippen molar-refractivity contribution in [3.63, 3.8) is 0 Å². The van der Waals surface area contributed by atoms with Crippen molar-refractivity contribution in [3.8, 4) is 10.6 Å². The summed E-state index contributed by atoms with van der Waals surface area (Å²) in [6, 6.07) is 5.94. The van der Waals surface area contributed by atoms with Crippen LogP contribution < -0.4 is 0 Å². The fraction of sp³-hybridized carbons (Fsp3) is 0.286. The molecule has 0 bridgehead atoms. The van der Waals surface area contributed by atoms with Crippen molar-refractivity contribution in [2.45, 2.75) is 12.5 Å². The van der Waals surface area contributed by atoms with Gasteiger partial charge in [-0.05, 0) is 23.9 Å². The Morgan fingerprint density at radius 3 is 3.00 bits per heavy atom. The number of hydrogen-bond donors (Lipinski definition) is 1. The molecule has 3 aromatic heterocycles. The first-order chi connectivity index (χ1) is 10.8. The van der Waals surface area contributed by atoms with Crippen LogP contribution in [-0.4, -0.2) is 49.1 Å². The SMILES string of the molecule is O=C(c1cc(-c2cccs2)[nH]n1)N1CCC(n2nccn2)C1. The van der Waals surface area contributed by atoms with Crippen LogP contribution in [-0.2, 0) is 0 Å². The molecule has 0 spiro atoms. The van der Waals surface area contributed by atoms with Gasteiger partial charge in [0.15, 0.2) is 5.69 Å². The topological polar surface area (TPSA) is 79.7 Å². The quantitative estimate of drug-likeness (QED) is 0.799. The van der Waals surface area contributed by atoms with Gasteiger partial charge in [-0.15, -0.1) is 11.3 Å². The van der Waals surface area contributed by atoms with E-state index < -0.39 is 0 Å². The van der Waals surface area contributed by atoms with Crippen LogP contribution in [0.25, 0.3) is 10.6 Å². The second-order valence-corrected chi connectivity index (χ2v) is 6.13. The Labute approximate surface area is 130 Å². The minimum atomic E-state index is -0.0475. The second-order valence-electron chi connectivity index (χ2n) is 5.19. The first-order valence-corrected chi connectivity index (χ1v) is 7.93. The van der Waals surface area contributed by atoms with E-state index in [0.717, 1.165) is 17.0 Å². The van der Waals surface area contributed by atoms with E-state index in [9.17, 15) is 4.79 Å². The molecular formula is C14H14N6OS. The maximum atomic E-state index is 12.5. The first-order valence-electron chi connectivity index (χ1n) is 7.05. The number of aromatic nitrogens is 5. The summed E-state index contributed by atoms with van der Waals surface area (Å²) >= 11 is 1.62. The van der Waals surface area contributed by atoms with Crippen molar-refractivity contribution in [2.24, 2.45) is 0 Å². The van der Waals surface area contributed by atoms with Crippen molar-refractivity contribution >= 4 is 17.2 Å². The maximum absolute atomic E-state index is 12.5. The van der Waals surface area contributed by atoms with Gasteiger partial charge in [-0.3, -0.25) is 9.89 Å². The Kier molecular flexibility index (Phi) is 3.23. The van der Waals surface area contributed by atoms with Gasteiger partial charge in [-0.2, -0.15) is 20.1 Å². The zero-order chi connectivity index (χ0) is 14.9. The van der Waals surface area contributed by atoms with Gasteiger partial charge < -0.3 is 4.90 Å². The Morgan fingerprint density at radius 2 is 2.23 bits per heavy atom. The molecule has 1 aliphatic rings. The molecule has 22 heavy (non-hydrogen) atoms. The highest BCUT2D eigenvalue weighted by Crippen LogP contribution is 2.25. The number of hydrogen-bond acceptors (Lipinski definition) is 5. The highest BCUT2D eigenvalue weighted by Gasteiger charge is 2.30. The summed E-state index contributed by atoms with van der Waals surface area (Å²) in [5.74, 6) is -0.0475. The van der Waals surface area contributed by atoms with Gasteiger partial charge in [0.05, 0.1) is 29.0 Å². The molecule has 0 radical (unpaired) electrons. The molecule has 1 amide bonds. The summed E-state index contributed by atoms with van der Waals surface area (Å²) in [4.78, 5) is 17.1. The molecule has 1 atom stereocenters. The number of nitrogens with one attached hydrogen (secondary N) is 1. The van der Waals surface area contributed by atoms with Crippen LogP contribution in [0.2, 0.25) is 0 Å². The molecule has 1 fully saturated rings. The van der Waals surface area contributed by atoms with E-state index in [1.165, 1.54) is 0 Å². The van der Waals surface area contributed by atoms with Crippen molar-refractivity contribution < 1.29 is 4.79 Å². The van der Waals surface area contributed by atoms with E-state index in [1.54, 1.807) is 28.5 Å². The zero-order valence-electron chi connectivity index (χ0n) is 11.7. The number of carbonyl (C=O) groups is 1. The predicted molar refractivity (Wildman–Crippen MR) is 81.5 cm³/mol. The highest BCUT2D eigenvalue weighted by molar-refractivity contribution is 7.13. The van der Waals surface area contributed by atoms with Gasteiger partial charge in [0.25, 0.3) is 5.91 Å². The average molecular weight is 314 g/mol. The molecule has 0 aliphatic carbocycles. The molecule has 3 aromatic rings. The number of aromatic amines is 1. The molecule has 0 aromatic carbocycles. The molecule has 1 saturated heterocycles. The zero-order valence-corrected chi connectivity index (χ0v) is 12.5. The number of rotatable bonds is 3. The van der Waals surface area contributed by atoms with Crippen LogP contribution in [0.15, 0.2) is 36.0 Å². The van der Waals surface area contributed by atoms with E-state index >= 15 is 0 Å². The largest absolute Gasteiger partial charge is 0.335 e. The van der Waals surface area contributed by atoms with Gasteiger partial charge in [0.2, 0.25) is 0 Å². The Bertz CT molecular complexity index is 763. The standard InChI is InChI=1S/C14H14N6OS/c21-14(12-8-11(17-18-12)13-2-1-7-22-13)19-6-3-10(9-19)20-15-4-5-16-20/h1-2,4-5,7-8,10H,3,6,9H2,(H,17,18). The lowest BCUT2D eigenvalue weighted by molar-refractivity contribution is 0.0780. The van der Waals surface area contributed by atoms with Crippen LogP contribution in [0.1, 0.15) is 23.0 Å². The molecule has 1 aliphatic heterocycles. The number of likely N-dealkylation sites (tertiary alicyclic amines) is 1. The van der Waals surface area contributed by atoms with Crippen LogP contribution in [0.3, 0.4) is 0 Å². The Hall–Kier alpha value is -2.48. The number of thiophene rings is 1. The summed E-state index contributed by atoms with van der Waals surface area (Å²) < 4.78 is 0. The fourth-order valence-electron chi connectivity index (χ4n) is 2.68. The monoisotopic (exact) mass is 314 g/mol. The van der Waals surface area contributed by atoms with Gasteiger partial charge in [-0.1, -0.05) is 6.07 Å². The lowest BCUT2D eigenvalue weighted by atomic mass is 10.3. The predicted octanol–water partition coefficient (Wildman–Crippen LogP) is 1.82. The highest BCUT2D eigenvalue weighted by atomic mass is 32.1. The summed E-state index contributed by atoms with van der Waals surface area (Å²) in [7, 11) is 0. The summed E-state index contributed by atoms with van der Waals surface area (Å²) in [5.41, 5.74) is 1.33. The molecule has 0 saturated carbocycles. The van der Waals surface area contributed by atoms with E-state index in [-0.39, 0.29) is 11.9 Å². The van der Waals surface area contributed by atoms with Crippen LogP contribution in [0.4, 0.5) is 0 Å². The third-order valence-electron chi connectivity index (χ3n) is 3.80. The lowest BCUT2D eigenvalue weighted by Gasteiger charge is -2.14. The molecule has 4 rings (SSSR count). The van der Waals surface area contributed by atoms with Crippen molar-refractivity contribution in [3.05, 3.63) is 41.7 Å². The van der Waals surface area contributed by atoms with Gasteiger partial charge in [-0.25, -0.2) is 0 Å². The first kappa shape index (κ1) is 13.2. The molecule has 8 heteroatoms. The number of carbonyl (C=O) groups excluding carboxylic acids is 1. The van der Waals surface area contributed by atoms with Crippen LogP contribution in [0, 0.1) is 0 Å². The summed E-state index contributed by atoms with van der Waals surface area (Å²) in [6.45, 7) is 1.32. The average Bonchev–Trinajstić information content (AvgIpc) is 3.35. The summed E-state index contributed by atoms with van der Waals surface area (Å²) in [5, 5.41) is 17.4. The third kappa shape index (κ3) is 2.31. The number of nitrogens with zero attached hydrogens (tertiary/aromatic N) is 5. The van der Waals surface area contributed by atoms with E-state index in [0.29, 0.717) is 18.8 Å². The van der Waals surface area contributed by atoms with Crippen LogP contribution in [0.5, 0.6) is 0 Å². The summed E-state index contributed by atoms with van der Waals surface area (Å²) in [6.07, 6.45) is 4.18. The van der Waals surface area contributed by atoms with Gasteiger partial charge in [0.1, 0.15) is 0 Å². The second kappa shape index (κ2) is 5.38. The fourth-order valence-corrected chi connectivity index (χ4v) is 3.37. The molecule has 1 unspecified atom stereocenters. The Balaban J connectivity index is 1.49. The number of amides is 1. The van der Waals surface area contributed by atoms with E-state index in [2.05, 4.69) is 20.4 Å². The van der Waals surface area contributed by atoms with Gasteiger partial charge >= 0.3 is 0 Å². The van der Waals surface area contributed by atoms with E-state index in [4.69, 9.17) is 0 Å². The molecule has 112 valence electrons. The molecule has 7 nitrogen and oxygen atoms in total. The van der Waals surface area contributed by atoms with Gasteiger partial charge in [0, 0.05) is 13.1 Å². The lowest BCUT2D eigenvalue weighted by Crippen LogP contribution is -2.29. The minimum Gasteiger partial charge on any atom is -0.335 e. The number of H-pyrrole nitrogens is 1. The Morgan fingerprint density at radius 1 is 1.36 bits per heavy atom. The normalized spacial score (nSPS) is 18.0. The smallest absolute Gasteiger partial charge is 0.274 e. The van der Waals surface area contributed by atoms with Crippen molar-refractivity contribution in [2.75, 3.05) is 13.1 Å². The minimum absolute atomic E-state index is 0.0475. The molecular weight excluding hydrogens is 300 g/mol.